The van der Waals surface area contributed by atoms with Crippen LogP contribution < -0.4 is 15.0 Å². The number of halogens is 1. The van der Waals surface area contributed by atoms with Crippen LogP contribution in [-0.2, 0) is 0 Å². The van der Waals surface area contributed by atoms with Gasteiger partial charge in [-0.1, -0.05) is 36.4 Å². The number of nitriles is 2. The minimum Gasteiger partial charge on any atom is -0.462 e. The van der Waals surface area contributed by atoms with Gasteiger partial charge < -0.3 is 19.9 Å². The average Bonchev–Trinajstić information content (AvgIpc) is 3.40. The molecular formula is C31H30FN7O. The number of hydrogen-bond donors (Lipinski definition) is 1. The first-order valence-corrected chi connectivity index (χ1v) is 13.7. The summed E-state index contributed by atoms with van der Waals surface area (Å²) in [7, 11) is 2.08. The van der Waals surface area contributed by atoms with E-state index in [4.69, 9.17) is 9.72 Å². The fourth-order valence-electron chi connectivity index (χ4n) is 5.92. The summed E-state index contributed by atoms with van der Waals surface area (Å²) in [6, 6.07) is 19.6. The molecule has 0 radical (unpaired) electrons. The van der Waals surface area contributed by atoms with Crippen LogP contribution in [0.3, 0.4) is 0 Å². The zero-order valence-corrected chi connectivity index (χ0v) is 22.4. The Labute approximate surface area is 232 Å². The largest absolute Gasteiger partial charge is 0.462 e. The Kier molecular flexibility index (Phi) is 7.17. The molecule has 1 aromatic heterocycles. The van der Waals surface area contributed by atoms with Gasteiger partial charge in [0.25, 0.3) is 0 Å². The molecule has 3 heterocycles. The van der Waals surface area contributed by atoms with E-state index >= 15 is 4.39 Å². The summed E-state index contributed by atoms with van der Waals surface area (Å²) in [5.74, 6) is 0.123. The molecule has 0 spiro atoms. The molecule has 0 saturated carbocycles. The van der Waals surface area contributed by atoms with Crippen LogP contribution in [0, 0.1) is 28.5 Å². The van der Waals surface area contributed by atoms with Crippen LogP contribution in [0.1, 0.15) is 24.8 Å². The number of aromatic nitrogens is 2. The Balaban J connectivity index is 1.48. The minimum atomic E-state index is -0.479. The second-order valence-electron chi connectivity index (χ2n) is 10.5. The number of piperazine rings is 1. The quantitative estimate of drug-likeness (QED) is 0.382. The second-order valence-corrected chi connectivity index (χ2v) is 10.5. The molecule has 0 aliphatic carbocycles. The van der Waals surface area contributed by atoms with Crippen molar-refractivity contribution in [3.63, 3.8) is 0 Å². The molecule has 3 aromatic carbocycles. The van der Waals surface area contributed by atoms with Crippen molar-refractivity contribution in [2.24, 2.45) is 0 Å². The number of nitrogens with zero attached hydrogens (tertiary/aromatic N) is 6. The maximum absolute atomic E-state index is 16.5. The highest BCUT2D eigenvalue weighted by Gasteiger charge is 2.26. The normalized spacial score (nSPS) is 19.6. The van der Waals surface area contributed by atoms with Crippen molar-refractivity contribution in [3.05, 3.63) is 59.9 Å². The lowest BCUT2D eigenvalue weighted by Crippen LogP contribution is -2.51. The molecule has 0 amide bonds. The summed E-state index contributed by atoms with van der Waals surface area (Å²) in [5, 5.41) is 24.6. The first-order valence-electron chi connectivity index (χ1n) is 13.7. The second kappa shape index (κ2) is 11.1. The third-order valence-corrected chi connectivity index (χ3v) is 8.05. The molecule has 8 nitrogen and oxygen atoms in total. The van der Waals surface area contributed by atoms with Crippen molar-refractivity contribution in [1.82, 2.24) is 20.2 Å². The van der Waals surface area contributed by atoms with Crippen LogP contribution in [0.25, 0.3) is 32.8 Å². The molecule has 2 aliphatic heterocycles. The van der Waals surface area contributed by atoms with E-state index in [0.29, 0.717) is 65.9 Å². The Bertz CT molecular complexity index is 1650. The van der Waals surface area contributed by atoms with E-state index in [-0.39, 0.29) is 23.6 Å². The number of hydrogen-bond acceptors (Lipinski definition) is 8. The molecule has 4 aromatic rings. The van der Waals surface area contributed by atoms with Crippen LogP contribution in [0.5, 0.6) is 6.01 Å². The van der Waals surface area contributed by atoms with Crippen molar-refractivity contribution in [2.45, 2.75) is 31.3 Å². The van der Waals surface area contributed by atoms with Crippen molar-refractivity contribution in [2.75, 3.05) is 44.7 Å². The van der Waals surface area contributed by atoms with E-state index in [2.05, 4.69) is 39.3 Å². The molecular weight excluding hydrogens is 505 g/mol. The van der Waals surface area contributed by atoms with E-state index < -0.39 is 5.82 Å². The number of rotatable bonds is 6. The third kappa shape index (κ3) is 4.79. The molecule has 1 unspecified atom stereocenters. The molecule has 2 aliphatic rings. The van der Waals surface area contributed by atoms with Crippen molar-refractivity contribution in [1.29, 1.82) is 10.5 Å². The molecule has 0 bridgehead atoms. The van der Waals surface area contributed by atoms with E-state index in [0.717, 1.165) is 24.8 Å². The highest BCUT2D eigenvalue weighted by Crippen LogP contribution is 2.37. The Morgan fingerprint density at radius 2 is 1.93 bits per heavy atom. The maximum atomic E-state index is 16.5. The molecule has 2 atom stereocenters. The molecule has 1 N–H and O–H groups in total. The average molecular weight is 536 g/mol. The van der Waals surface area contributed by atoms with Gasteiger partial charge in [0.1, 0.15) is 17.9 Å². The van der Waals surface area contributed by atoms with Crippen LogP contribution in [-0.4, -0.2) is 66.8 Å². The summed E-state index contributed by atoms with van der Waals surface area (Å²) in [6.45, 7) is 3.37. The maximum Gasteiger partial charge on any atom is 0.319 e. The molecule has 40 heavy (non-hydrogen) atoms. The third-order valence-electron chi connectivity index (χ3n) is 8.05. The van der Waals surface area contributed by atoms with Gasteiger partial charge in [-0.15, -0.1) is 0 Å². The lowest BCUT2D eigenvalue weighted by atomic mass is 9.94. The molecule has 9 heteroatoms. The topological polar surface area (TPSA) is 101 Å². The first kappa shape index (κ1) is 25.9. The Hall–Kier alpha value is -4.31. The highest BCUT2D eigenvalue weighted by atomic mass is 19.1. The molecule has 2 fully saturated rings. The van der Waals surface area contributed by atoms with E-state index in [9.17, 15) is 10.5 Å². The summed E-state index contributed by atoms with van der Waals surface area (Å²) in [6.07, 6.45) is 2.52. The Morgan fingerprint density at radius 1 is 1.07 bits per heavy atom. The lowest BCUT2D eigenvalue weighted by molar-refractivity contribution is 0.188. The number of fused-ring (bicyclic) bond motifs is 2. The van der Waals surface area contributed by atoms with Gasteiger partial charge in [-0.2, -0.15) is 20.5 Å². The number of ether oxygens (including phenoxy) is 1. The number of nitrogens with one attached hydrogen (secondary N) is 1. The SMILES string of the molecule is CN1CCCC1COc1nc(N2CCN[C@@H](CC#N)C2)c2ccc(-c3cccc4cccc(C#N)c34)c(F)c2n1. The van der Waals surface area contributed by atoms with Gasteiger partial charge in [0.15, 0.2) is 5.82 Å². The van der Waals surface area contributed by atoms with Gasteiger partial charge in [0, 0.05) is 48.1 Å². The van der Waals surface area contributed by atoms with E-state index in [1.165, 1.54) is 0 Å². The van der Waals surface area contributed by atoms with Crippen molar-refractivity contribution in [3.8, 4) is 29.3 Å². The number of benzene rings is 3. The fraction of sp³-hybridized carbons (Fsp3) is 0.355. The molecule has 6 rings (SSSR count). The Morgan fingerprint density at radius 3 is 2.70 bits per heavy atom. The van der Waals surface area contributed by atoms with Gasteiger partial charge in [0.2, 0.25) is 0 Å². The zero-order valence-electron chi connectivity index (χ0n) is 22.4. The van der Waals surface area contributed by atoms with Gasteiger partial charge in [-0.25, -0.2) is 4.39 Å². The summed E-state index contributed by atoms with van der Waals surface area (Å²) < 4.78 is 22.6. The molecule has 202 valence electrons. The zero-order chi connectivity index (χ0) is 27.6. The molecule has 2 saturated heterocycles. The van der Waals surface area contributed by atoms with E-state index in [1.54, 1.807) is 12.1 Å². The van der Waals surface area contributed by atoms with Gasteiger partial charge in [0.05, 0.1) is 24.1 Å². The monoisotopic (exact) mass is 535 g/mol. The van der Waals surface area contributed by atoms with Gasteiger partial charge in [-0.3, -0.25) is 0 Å². The van der Waals surface area contributed by atoms with Crippen molar-refractivity contribution >= 4 is 27.5 Å². The predicted molar refractivity (Wildman–Crippen MR) is 153 cm³/mol. The smallest absolute Gasteiger partial charge is 0.319 e. The van der Waals surface area contributed by atoms with Crippen LogP contribution >= 0.6 is 0 Å². The lowest BCUT2D eigenvalue weighted by Gasteiger charge is -2.34. The summed E-state index contributed by atoms with van der Waals surface area (Å²) in [5.41, 5.74) is 1.68. The van der Waals surface area contributed by atoms with Gasteiger partial charge in [-0.05, 0) is 49.5 Å². The minimum absolute atomic E-state index is 0.00974. The standard InChI is InChI=1S/C31H30FN7O/c1-38-15-4-8-23(38)19-40-31-36-29-26(30(37-31)39-16-14-35-22(18-39)12-13-33)11-10-25(28(29)32)24-9-3-6-20-5-2-7-21(17-34)27(20)24/h2-3,5-7,9-11,22-23,35H,4,8,12,14-16,18-19H2,1H3/t22-,23?/m0/s1. The van der Waals surface area contributed by atoms with Crippen LogP contribution in [0.15, 0.2) is 48.5 Å². The first-order chi connectivity index (χ1) is 19.6. The highest BCUT2D eigenvalue weighted by molar-refractivity contribution is 6.03. The van der Waals surface area contributed by atoms with Crippen LogP contribution in [0.4, 0.5) is 10.2 Å². The van der Waals surface area contributed by atoms with Crippen molar-refractivity contribution < 1.29 is 9.13 Å². The summed E-state index contributed by atoms with van der Waals surface area (Å²) in [4.78, 5) is 13.7. The number of anilines is 1. The number of likely N-dealkylation sites (tertiary alicyclic amines) is 1. The predicted octanol–water partition coefficient (Wildman–Crippen LogP) is 4.63. The number of likely N-dealkylation sites (N-methyl/N-ethyl adjacent to an activating group) is 1. The fourth-order valence-corrected chi connectivity index (χ4v) is 5.92. The van der Waals surface area contributed by atoms with Crippen LogP contribution in [0.2, 0.25) is 0 Å². The summed E-state index contributed by atoms with van der Waals surface area (Å²) >= 11 is 0. The van der Waals surface area contributed by atoms with Gasteiger partial charge >= 0.3 is 6.01 Å². The van der Waals surface area contributed by atoms with E-state index in [1.807, 2.05) is 36.4 Å².